The van der Waals surface area contributed by atoms with Crippen LogP contribution in [0.1, 0.15) is 19.3 Å². The zero-order chi connectivity index (χ0) is 15.6. The van der Waals surface area contributed by atoms with Gasteiger partial charge in [-0.05, 0) is 25.0 Å². The second-order valence-electron chi connectivity index (χ2n) is 4.91. The van der Waals surface area contributed by atoms with Crippen LogP contribution in [0.2, 0.25) is 0 Å². The van der Waals surface area contributed by atoms with Gasteiger partial charge in [-0.2, -0.15) is 4.31 Å². The molecule has 1 aliphatic rings. The number of hydrogen-bond acceptors (Lipinski definition) is 6. The van der Waals surface area contributed by atoms with E-state index in [1.165, 1.54) is 6.07 Å². The third-order valence-electron chi connectivity index (χ3n) is 3.57. The number of nitro groups is 1. The van der Waals surface area contributed by atoms with Crippen LogP contribution < -0.4 is 5.73 Å². The Bertz CT molecular complexity index is 642. The molecule has 116 valence electrons. The lowest BCUT2D eigenvalue weighted by molar-refractivity contribution is -0.387. The first-order chi connectivity index (χ1) is 9.87. The van der Waals surface area contributed by atoms with Crippen LogP contribution in [0.4, 0.5) is 11.4 Å². The number of aliphatic hydroxyl groups is 1. The predicted octanol–water partition coefficient (Wildman–Crippen LogP) is 0.713. The Labute approximate surface area is 122 Å². The third kappa shape index (κ3) is 2.99. The molecule has 0 atom stereocenters. The fourth-order valence-corrected chi connectivity index (χ4v) is 4.11. The number of benzene rings is 1. The third-order valence-corrected chi connectivity index (χ3v) is 5.57. The molecule has 2 rings (SSSR count). The SMILES string of the molecule is Nc1ccc(S(=O)(=O)N(CCO)C2CCC2)c([N+](=O)[O-])c1. The first kappa shape index (κ1) is 15.7. The van der Waals surface area contributed by atoms with Crippen molar-refractivity contribution in [1.29, 1.82) is 0 Å². The van der Waals surface area contributed by atoms with Gasteiger partial charge in [0.2, 0.25) is 10.0 Å². The quantitative estimate of drug-likeness (QED) is 0.452. The van der Waals surface area contributed by atoms with Crippen molar-refractivity contribution in [2.45, 2.75) is 30.2 Å². The number of rotatable bonds is 6. The van der Waals surface area contributed by atoms with Crippen LogP contribution in [0.15, 0.2) is 23.1 Å². The fourth-order valence-electron chi connectivity index (χ4n) is 2.29. The fraction of sp³-hybridized carbons (Fsp3) is 0.500. The Morgan fingerprint density at radius 2 is 2.10 bits per heavy atom. The normalized spacial score (nSPS) is 15.9. The van der Waals surface area contributed by atoms with Crippen molar-refractivity contribution in [2.24, 2.45) is 0 Å². The highest BCUT2D eigenvalue weighted by atomic mass is 32.2. The van der Waals surface area contributed by atoms with E-state index in [1.807, 2.05) is 0 Å². The topological polar surface area (TPSA) is 127 Å². The highest BCUT2D eigenvalue weighted by Crippen LogP contribution is 2.33. The first-order valence-electron chi connectivity index (χ1n) is 6.54. The molecule has 0 radical (unpaired) electrons. The summed E-state index contributed by atoms with van der Waals surface area (Å²) in [7, 11) is -4.04. The molecule has 8 nitrogen and oxygen atoms in total. The number of sulfonamides is 1. The second-order valence-corrected chi connectivity index (χ2v) is 6.77. The lowest BCUT2D eigenvalue weighted by atomic mass is 9.93. The van der Waals surface area contributed by atoms with Crippen molar-refractivity contribution in [3.05, 3.63) is 28.3 Å². The molecule has 1 aromatic carbocycles. The van der Waals surface area contributed by atoms with Gasteiger partial charge in [-0.1, -0.05) is 6.42 Å². The largest absolute Gasteiger partial charge is 0.399 e. The van der Waals surface area contributed by atoms with Crippen LogP contribution in [0, 0.1) is 10.1 Å². The van der Waals surface area contributed by atoms with E-state index in [1.54, 1.807) is 0 Å². The Balaban J connectivity index is 2.49. The Morgan fingerprint density at radius 1 is 1.43 bits per heavy atom. The number of anilines is 1. The van der Waals surface area contributed by atoms with Crippen molar-refractivity contribution in [3.8, 4) is 0 Å². The van der Waals surface area contributed by atoms with E-state index >= 15 is 0 Å². The van der Waals surface area contributed by atoms with Gasteiger partial charge in [0.25, 0.3) is 5.69 Å². The monoisotopic (exact) mass is 315 g/mol. The van der Waals surface area contributed by atoms with E-state index in [4.69, 9.17) is 10.8 Å². The van der Waals surface area contributed by atoms with E-state index < -0.39 is 20.6 Å². The summed E-state index contributed by atoms with van der Waals surface area (Å²) in [5.41, 5.74) is 5.07. The maximum atomic E-state index is 12.7. The molecule has 0 amide bonds. The van der Waals surface area contributed by atoms with Gasteiger partial charge in [-0.25, -0.2) is 8.42 Å². The van der Waals surface area contributed by atoms with Crippen molar-refractivity contribution in [3.63, 3.8) is 0 Å². The Morgan fingerprint density at radius 3 is 2.57 bits per heavy atom. The molecule has 0 saturated heterocycles. The summed E-state index contributed by atoms with van der Waals surface area (Å²) in [6, 6.07) is 3.29. The molecule has 1 aliphatic carbocycles. The first-order valence-corrected chi connectivity index (χ1v) is 7.98. The molecule has 0 heterocycles. The Hall–Kier alpha value is -1.71. The molecule has 21 heavy (non-hydrogen) atoms. The summed E-state index contributed by atoms with van der Waals surface area (Å²) < 4.78 is 26.5. The minimum Gasteiger partial charge on any atom is -0.399 e. The number of nitro benzene ring substituents is 1. The second kappa shape index (κ2) is 5.96. The molecule has 3 N–H and O–H groups in total. The highest BCUT2D eigenvalue weighted by Gasteiger charge is 2.38. The number of nitrogen functional groups attached to an aromatic ring is 1. The van der Waals surface area contributed by atoms with Gasteiger partial charge in [-0.15, -0.1) is 0 Å². The van der Waals surface area contributed by atoms with E-state index in [0.29, 0.717) is 12.8 Å². The minimum absolute atomic E-state index is 0.0749. The molecule has 1 saturated carbocycles. The molecule has 1 fully saturated rings. The van der Waals surface area contributed by atoms with Crippen molar-refractivity contribution in [1.82, 2.24) is 4.31 Å². The molecule has 1 aromatic rings. The molecular weight excluding hydrogens is 298 g/mol. The summed E-state index contributed by atoms with van der Waals surface area (Å²) >= 11 is 0. The summed E-state index contributed by atoms with van der Waals surface area (Å²) in [6.07, 6.45) is 2.30. The predicted molar refractivity (Wildman–Crippen MR) is 76.1 cm³/mol. The minimum atomic E-state index is -4.04. The van der Waals surface area contributed by atoms with E-state index in [0.717, 1.165) is 22.9 Å². The average Bonchev–Trinajstić information content (AvgIpc) is 2.35. The van der Waals surface area contributed by atoms with Gasteiger partial charge >= 0.3 is 0 Å². The zero-order valence-corrected chi connectivity index (χ0v) is 12.1. The molecule has 0 aromatic heterocycles. The molecule has 0 bridgehead atoms. The van der Waals surface area contributed by atoms with Gasteiger partial charge in [0, 0.05) is 24.3 Å². The Kier molecular flexibility index (Phi) is 4.45. The van der Waals surface area contributed by atoms with Crippen LogP contribution >= 0.6 is 0 Å². The van der Waals surface area contributed by atoms with Crippen LogP contribution in [0.5, 0.6) is 0 Å². The van der Waals surface area contributed by atoms with Crippen LogP contribution in [-0.4, -0.2) is 41.9 Å². The van der Waals surface area contributed by atoms with E-state index in [9.17, 15) is 18.5 Å². The van der Waals surface area contributed by atoms with Crippen molar-refractivity contribution < 1.29 is 18.4 Å². The molecular formula is C12H17N3O5S. The van der Waals surface area contributed by atoms with E-state index in [-0.39, 0.29) is 29.8 Å². The van der Waals surface area contributed by atoms with E-state index in [2.05, 4.69) is 0 Å². The van der Waals surface area contributed by atoms with Crippen molar-refractivity contribution >= 4 is 21.4 Å². The van der Waals surface area contributed by atoms with Gasteiger partial charge in [-0.3, -0.25) is 10.1 Å². The summed E-state index contributed by atoms with van der Waals surface area (Å²) in [4.78, 5) is 9.92. The maximum absolute atomic E-state index is 12.7. The van der Waals surface area contributed by atoms with Crippen molar-refractivity contribution in [2.75, 3.05) is 18.9 Å². The van der Waals surface area contributed by atoms with Crippen LogP contribution in [0.3, 0.4) is 0 Å². The summed E-state index contributed by atoms with van der Waals surface area (Å²) in [6.45, 7) is -0.410. The van der Waals surface area contributed by atoms with Gasteiger partial charge < -0.3 is 10.8 Å². The summed E-state index contributed by atoms with van der Waals surface area (Å²) in [5, 5.41) is 20.2. The number of hydrogen-bond donors (Lipinski definition) is 2. The number of aliphatic hydroxyl groups excluding tert-OH is 1. The zero-order valence-electron chi connectivity index (χ0n) is 11.3. The van der Waals surface area contributed by atoms with Gasteiger partial charge in [0.1, 0.15) is 0 Å². The molecule has 0 spiro atoms. The average molecular weight is 315 g/mol. The van der Waals surface area contributed by atoms with Gasteiger partial charge in [0.05, 0.1) is 11.5 Å². The lowest BCUT2D eigenvalue weighted by Crippen LogP contribution is -2.45. The number of nitrogens with zero attached hydrogens (tertiary/aromatic N) is 2. The molecule has 9 heteroatoms. The standard InChI is InChI=1S/C12H17N3O5S/c13-9-4-5-12(11(8-9)15(17)18)21(19,20)14(6-7-16)10-2-1-3-10/h4-5,8,10,16H,1-3,6-7,13H2. The molecule has 0 unspecified atom stereocenters. The summed E-state index contributed by atoms with van der Waals surface area (Å²) in [5.74, 6) is 0. The lowest BCUT2D eigenvalue weighted by Gasteiger charge is -2.36. The van der Waals surface area contributed by atoms with Crippen LogP contribution in [-0.2, 0) is 10.0 Å². The number of nitrogens with two attached hydrogens (primary N) is 1. The highest BCUT2D eigenvalue weighted by molar-refractivity contribution is 7.89. The van der Waals surface area contributed by atoms with Gasteiger partial charge in [0.15, 0.2) is 4.90 Å². The molecule has 0 aliphatic heterocycles. The van der Waals surface area contributed by atoms with Crippen LogP contribution in [0.25, 0.3) is 0 Å². The maximum Gasteiger partial charge on any atom is 0.291 e. The smallest absolute Gasteiger partial charge is 0.291 e.